The fourth-order valence-electron chi connectivity index (χ4n) is 1.89. The molecule has 2 N–H and O–H groups in total. The van der Waals surface area contributed by atoms with Crippen LogP contribution in [0.2, 0.25) is 4.44 Å². The molecule has 0 aromatic carbocycles. The van der Waals surface area contributed by atoms with E-state index in [4.69, 9.17) is 11.9 Å². The van der Waals surface area contributed by atoms with Gasteiger partial charge in [-0.05, 0) is 0 Å². The third kappa shape index (κ3) is 9.13. The zero-order chi connectivity index (χ0) is 15.6. The van der Waals surface area contributed by atoms with E-state index in [-0.39, 0.29) is 6.04 Å². The molecular weight excluding hydrogens is 377 g/mol. The normalized spacial score (nSPS) is 19.4. The van der Waals surface area contributed by atoms with Crippen LogP contribution < -0.4 is 5.73 Å². The van der Waals surface area contributed by atoms with Crippen molar-refractivity contribution in [1.82, 2.24) is 0 Å². The molecule has 0 aromatic heterocycles. The molecule has 3 nitrogen and oxygen atoms in total. The Bertz CT molecular complexity index is 230. The van der Waals surface area contributed by atoms with E-state index < -0.39 is 19.2 Å². The maximum absolute atomic E-state index is 6.52. The van der Waals surface area contributed by atoms with Gasteiger partial charge in [0.05, 0.1) is 0 Å². The second-order valence-corrected chi connectivity index (χ2v) is 17.5. The van der Waals surface area contributed by atoms with Crippen molar-refractivity contribution in [2.45, 2.75) is 83.5 Å². The topological polar surface area (TPSA) is 44.5 Å². The Morgan fingerprint density at radius 2 is 1.50 bits per heavy atom. The second kappa shape index (κ2) is 11.6. The third-order valence-electron chi connectivity index (χ3n) is 3.49. The minimum atomic E-state index is -3.02. The van der Waals surface area contributed by atoms with E-state index in [2.05, 4.69) is 41.5 Å². The zero-order valence-corrected chi connectivity index (χ0v) is 17.9. The van der Waals surface area contributed by atoms with Crippen LogP contribution in [0, 0.1) is 0 Å². The average Bonchev–Trinajstić information content (AvgIpc) is 2.42. The second-order valence-electron chi connectivity index (χ2n) is 5.74. The summed E-state index contributed by atoms with van der Waals surface area (Å²) in [6.45, 7) is 13.0. The molecule has 0 heterocycles. The molecule has 0 amide bonds. The first-order valence-electron chi connectivity index (χ1n) is 8.08. The van der Waals surface area contributed by atoms with Crippen molar-refractivity contribution >= 4 is 31.0 Å². The van der Waals surface area contributed by atoms with Gasteiger partial charge in [-0.2, -0.15) is 0 Å². The molecule has 3 unspecified atom stereocenters. The summed E-state index contributed by atoms with van der Waals surface area (Å²) < 4.78 is 15.2. The van der Waals surface area contributed by atoms with Crippen LogP contribution in [0.25, 0.3) is 0 Å². The summed E-state index contributed by atoms with van der Waals surface area (Å²) in [7, 11) is 0. The van der Waals surface area contributed by atoms with Crippen molar-refractivity contribution in [3.8, 4) is 0 Å². The molecule has 0 saturated heterocycles. The standard InChI is InChI=1S/C4H10N.2C4H9O.C3H7S.Sn/c3*1-3-4(2)5;1-3-4-2;/h4H,1,3,5H2,2H3;2*4H,3H2,1-2H3;2-3H2,1H3;/q;2*-1;;+2. The van der Waals surface area contributed by atoms with Crippen LogP contribution in [-0.2, 0) is 6.15 Å². The van der Waals surface area contributed by atoms with Crippen molar-refractivity contribution in [3.05, 3.63) is 0 Å². The van der Waals surface area contributed by atoms with E-state index in [0.717, 1.165) is 33.2 Å². The molecule has 0 aromatic rings. The van der Waals surface area contributed by atoms with Gasteiger partial charge < -0.3 is 0 Å². The molecule has 0 spiro atoms. The van der Waals surface area contributed by atoms with E-state index in [1.165, 1.54) is 0 Å². The monoisotopic (exact) mass is 413 g/mol. The molecule has 0 radical (unpaired) electrons. The summed E-state index contributed by atoms with van der Waals surface area (Å²) in [5, 5.41) is 0. The van der Waals surface area contributed by atoms with Crippen molar-refractivity contribution in [1.29, 1.82) is 0 Å². The number of nitrogens with two attached hydrogens (primary N) is 1. The van der Waals surface area contributed by atoms with Crippen LogP contribution >= 0.6 is 11.8 Å². The van der Waals surface area contributed by atoms with Gasteiger partial charge in [0.15, 0.2) is 0 Å². The van der Waals surface area contributed by atoms with Crippen molar-refractivity contribution < 1.29 is 6.15 Å². The Labute approximate surface area is 135 Å². The first-order valence-corrected chi connectivity index (χ1v) is 15.6. The zero-order valence-electron chi connectivity index (χ0n) is 14.3. The van der Waals surface area contributed by atoms with E-state index in [0.29, 0.717) is 12.2 Å². The molecule has 0 saturated carbocycles. The number of thioether (sulfide) groups is 1. The molecule has 0 aliphatic heterocycles. The number of hydrogen-bond donors (Lipinski definition) is 1. The summed E-state index contributed by atoms with van der Waals surface area (Å²) in [5.74, 6) is 1.13. The van der Waals surface area contributed by atoms with Crippen LogP contribution in [0.15, 0.2) is 0 Å². The summed E-state index contributed by atoms with van der Waals surface area (Å²) >= 11 is -1.05. The predicted molar refractivity (Wildman–Crippen MR) is 93.5 cm³/mol. The molecule has 0 aliphatic carbocycles. The predicted octanol–water partition coefficient (Wildman–Crippen LogP) is 4.09. The quantitative estimate of drug-likeness (QED) is 0.491. The summed E-state index contributed by atoms with van der Waals surface area (Å²) in [5.41, 5.74) is 5.97. The van der Waals surface area contributed by atoms with E-state index in [1.807, 2.05) is 11.8 Å². The van der Waals surface area contributed by atoms with Crippen molar-refractivity contribution in [2.75, 3.05) is 9.52 Å². The molecular formula is C15H35NO2SSn. The van der Waals surface area contributed by atoms with Crippen molar-refractivity contribution in [2.24, 2.45) is 5.73 Å². The van der Waals surface area contributed by atoms with Gasteiger partial charge in [-0.15, -0.1) is 0 Å². The van der Waals surface area contributed by atoms with Gasteiger partial charge in [-0.25, -0.2) is 0 Å². The van der Waals surface area contributed by atoms with Crippen LogP contribution in [0.1, 0.15) is 60.8 Å². The molecule has 5 heteroatoms. The maximum atomic E-state index is 6.52. The molecule has 0 fully saturated rings. The van der Waals surface area contributed by atoms with Gasteiger partial charge in [0.25, 0.3) is 0 Å². The first kappa shape index (κ1) is 21.0. The van der Waals surface area contributed by atoms with Gasteiger partial charge >= 0.3 is 136 Å². The van der Waals surface area contributed by atoms with E-state index >= 15 is 0 Å². The van der Waals surface area contributed by atoms with Crippen LogP contribution in [0.4, 0.5) is 0 Å². The number of hydrogen-bond acceptors (Lipinski definition) is 4. The van der Waals surface area contributed by atoms with Crippen molar-refractivity contribution in [3.63, 3.8) is 0 Å². The average molecular weight is 412 g/mol. The molecule has 0 rings (SSSR count). The van der Waals surface area contributed by atoms with Gasteiger partial charge in [0.1, 0.15) is 0 Å². The van der Waals surface area contributed by atoms with E-state index in [9.17, 15) is 0 Å². The molecule has 0 aliphatic rings. The third-order valence-corrected chi connectivity index (χ3v) is 17.8. The molecule has 0 bridgehead atoms. The molecule has 3 atom stereocenters. The van der Waals surface area contributed by atoms with Crippen LogP contribution in [0.5, 0.6) is 0 Å². The Hall–Kier alpha value is 1.03. The Morgan fingerprint density at radius 1 is 1.00 bits per heavy atom. The fourth-order valence-corrected chi connectivity index (χ4v) is 18.0. The Balaban J connectivity index is 4.93. The van der Waals surface area contributed by atoms with Crippen LogP contribution in [-0.4, -0.2) is 47.0 Å². The molecule has 20 heavy (non-hydrogen) atoms. The van der Waals surface area contributed by atoms with Crippen LogP contribution in [0.3, 0.4) is 0 Å². The number of rotatable bonds is 12. The minimum absolute atomic E-state index is 0.235. The van der Waals surface area contributed by atoms with E-state index in [1.54, 1.807) is 0 Å². The van der Waals surface area contributed by atoms with Gasteiger partial charge in [-0.3, -0.25) is 0 Å². The first-order chi connectivity index (χ1) is 9.39. The fraction of sp³-hybridized carbons (Fsp3) is 1.00. The summed E-state index contributed by atoms with van der Waals surface area (Å²) in [6.07, 6.45) is 3.74. The molecule has 122 valence electrons. The summed E-state index contributed by atoms with van der Waals surface area (Å²) in [4.78, 5) is 0. The van der Waals surface area contributed by atoms with Gasteiger partial charge in [0, 0.05) is 0 Å². The van der Waals surface area contributed by atoms with Gasteiger partial charge in [0.2, 0.25) is 0 Å². The summed E-state index contributed by atoms with van der Waals surface area (Å²) in [6, 6.07) is 0.235. The van der Waals surface area contributed by atoms with Gasteiger partial charge in [-0.1, -0.05) is 0 Å². The Kier molecular flexibility index (Phi) is 12.2. The Morgan fingerprint density at radius 3 is 1.85 bits per heavy atom. The SMILES string of the molecule is CCS[CH2][Sn]([CH2]CC(C)N)([O]C(C)CC)[O]C(C)CC.